The van der Waals surface area contributed by atoms with Crippen LogP contribution >= 0.6 is 0 Å². The van der Waals surface area contributed by atoms with E-state index in [1.807, 2.05) is 26.0 Å². The van der Waals surface area contributed by atoms with Crippen molar-refractivity contribution in [3.8, 4) is 0 Å². The second kappa shape index (κ2) is 3.57. The molecule has 0 saturated heterocycles. The molecule has 0 bridgehead atoms. The Labute approximate surface area is 96.0 Å². The zero-order valence-corrected chi connectivity index (χ0v) is 10.3. The summed E-state index contributed by atoms with van der Waals surface area (Å²) >= 11 is 0. The maximum atomic E-state index is 11.8. The number of fused-ring (bicyclic) bond motifs is 1. The minimum atomic E-state index is -3.08. The SMILES string of the molecule is CC(C)(CO)c1ccc2c(c1)S(=O)(=O)CC2. The normalized spacial score (nSPS) is 18.4. The van der Waals surface area contributed by atoms with Crippen LogP contribution in [0, 0.1) is 0 Å². The van der Waals surface area contributed by atoms with E-state index in [-0.39, 0.29) is 12.4 Å². The molecule has 1 aromatic rings. The van der Waals surface area contributed by atoms with E-state index in [0.29, 0.717) is 11.3 Å². The molecule has 1 aliphatic heterocycles. The van der Waals surface area contributed by atoms with Gasteiger partial charge in [0.05, 0.1) is 17.3 Å². The van der Waals surface area contributed by atoms with Gasteiger partial charge in [0, 0.05) is 5.41 Å². The molecule has 0 aromatic heterocycles. The highest BCUT2D eigenvalue weighted by molar-refractivity contribution is 7.91. The van der Waals surface area contributed by atoms with E-state index in [2.05, 4.69) is 0 Å². The van der Waals surface area contributed by atoms with Crippen LogP contribution in [0.2, 0.25) is 0 Å². The summed E-state index contributed by atoms with van der Waals surface area (Å²) in [4.78, 5) is 0.450. The van der Waals surface area contributed by atoms with Crippen LogP contribution in [0.5, 0.6) is 0 Å². The Kier molecular flexibility index (Phi) is 2.59. The summed E-state index contributed by atoms with van der Waals surface area (Å²) in [5, 5.41) is 9.28. The summed E-state index contributed by atoms with van der Waals surface area (Å²) in [6, 6.07) is 5.50. The summed E-state index contributed by atoms with van der Waals surface area (Å²) < 4.78 is 23.5. The average molecular weight is 240 g/mol. The lowest BCUT2D eigenvalue weighted by Gasteiger charge is -2.22. The maximum absolute atomic E-state index is 11.8. The van der Waals surface area contributed by atoms with Gasteiger partial charge in [0.2, 0.25) is 0 Å². The van der Waals surface area contributed by atoms with Gasteiger partial charge in [0.15, 0.2) is 9.84 Å². The predicted molar refractivity (Wildman–Crippen MR) is 62.3 cm³/mol. The third-order valence-corrected chi connectivity index (χ3v) is 5.01. The van der Waals surface area contributed by atoms with Crippen LogP contribution < -0.4 is 0 Å². The van der Waals surface area contributed by atoms with Gasteiger partial charge < -0.3 is 5.11 Å². The Balaban J connectivity index is 2.56. The molecule has 0 unspecified atom stereocenters. The Bertz CT molecular complexity index is 515. The Hall–Kier alpha value is -0.870. The largest absolute Gasteiger partial charge is 0.395 e. The Morgan fingerprint density at radius 1 is 1.38 bits per heavy atom. The molecule has 2 rings (SSSR count). The number of aliphatic hydroxyl groups excluding tert-OH is 1. The fraction of sp³-hybridized carbons (Fsp3) is 0.500. The molecule has 3 nitrogen and oxygen atoms in total. The number of hydrogen-bond acceptors (Lipinski definition) is 3. The van der Waals surface area contributed by atoms with Gasteiger partial charge >= 0.3 is 0 Å². The molecule has 0 aliphatic carbocycles. The van der Waals surface area contributed by atoms with Crippen molar-refractivity contribution in [2.24, 2.45) is 0 Å². The van der Waals surface area contributed by atoms with Crippen LogP contribution in [0.4, 0.5) is 0 Å². The quantitative estimate of drug-likeness (QED) is 0.847. The first-order valence-electron chi connectivity index (χ1n) is 5.34. The third kappa shape index (κ3) is 1.76. The van der Waals surface area contributed by atoms with Crippen molar-refractivity contribution < 1.29 is 13.5 Å². The number of benzene rings is 1. The lowest BCUT2D eigenvalue weighted by atomic mass is 9.85. The molecule has 16 heavy (non-hydrogen) atoms. The maximum Gasteiger partial charge on any atom is 0.178 e. The number of rotatable bonds is 2. The van der Waals surface area contributed by atoms with Gasteiger partial charge in [-0.2, -0.15) is 0 Å². The van der Waals surface area contributed by atoms with Crippen molar-refractivity contribution in [2.45, 2.75) is 30.6 Å². The smallest absolute Gasteiger partial charge is 0.178 e. The van der Waals surface area contributed by atoms with Gasteiger partial charge in [0.25, 0.3) is 0 Å². The van der Waals surface area contributed by atoms with Crippen LogP contribution in [0.25, 0.3) is 0 Å². The van der Waals surface area contributed by atoms with E-state index >= 15 is 0 Å². The van der Waals surface area contributed by atoms with Crippen LogP contribution in [0.1, 0.15) is 25.0 Å². The van der Waals surface area contributed by atoms with Crippen LogP contribution in [0.3, 0.4) is 0 Å². The fourth-order valence-corrected chi connectivity index (χ4v) is 3.50. The highest BCUT2D eigenvalue weighted by atomic mass is 32.2. The summed E-state index contributed by atoms with van der Waals surface area (Å²) in [5.41, 5.74) is 1.38. The molecule has 0 saturated carbocycles. The zero-order valence-electron chi connectivity index (χ0n) is 9.53. The Morgan fingerprint density at radius 3 is 2.69 bits per heavy atom. The first kappa shape index (κ1) is 11.6. The number of aliphatic hydroxyl groups is 1. The molecule has 1 aliphatic rings. The van der Waals surface area contributed by atoms with Crippen molar-refractivity contribution in [2.75, 3.05) is 12.4 Å². The lowest BCUT2D eigenvalue weighted by Crippen LogP contribution is -2.22. The van der Waals surface area contributed by atoms with Crippen molar-refractivity contribution >= 4 is 9.84 Å². The molecule has 0 amide bonds. The first-order chi connectivity index (χ1) is 7.37. The molecule has 1 heterocycles. The van der Waals surface area contributed by atoms with Crippen LogP contribution in [-0.2, 0) is 21.7 Å². The standard InChI is InChI=1S/C12H16O3S/c1-12(2,8-13)10-4-3-9-5-6-16(14,15)11(9)7-10/h3-4,7,13H,5-6,8H2,1-2H3. The van der Waals surface area contributed by atoms with Gasteiger partial charge in [-0.3, -0.25) is 0 Å². The predicted octanol–water partition coefficient (Wildman–Crippen LogP) is 1.29. The van der Waals surface area contributed by atoms with E-state index in [1.165, 1.54) is 0 Å². The monoisotopic (exact) mass is 240 g/mol. The molecule has 0 atom stereocenters. The van der Waals surface area contributed by atoms with Crippen molar-refractivity contribution in [1.82, 2.24) is 0 Å². The minimum Gasteiger partial charge on any atom is -0.395 e. The number of sulfone groups is 1. The third-order valence-electron chi connectivity index (χ3n) is 3.22. The Morgan fingerprint density at radius 2 is 2.06 bits per heavy atom. The topological polar surface area (TPSA) is 54.4 Å². The lowest BCUT2D eigenvalue weighted by molar-refractivity contribution is 0.218. The fourth-order valence-electron chi connectivity index (χ4n) is 1.92. The van der Waals surface area contributed by atoms with Gasteiger partial charge in [-0.25, -0.2) is 8.42 Å². The van der Waals surface area contributed by atoms with Gasteiger partial charge in [-0.15, -0.1) is 0 Å². The number of hydrogen-bond donors (Lipinski definition) is 1. The second-order valence-electron chi connectivity index (χ2n) is 4.93. The summed E-state index contributed by atoms with van der Waals surface area (Å²) in [6.45, 7) is 3.80. The van der Waals surface area contributed by atoms with Gasteiger partial charge in [-0.05, 0) is 23.6 Å². The van der Waals surface area contributed by atoms with Crippen molar-refractivity contribution in [1.29, 1.82) is 0 Å². The molecule has 4 heteroatoms. The molecule has 0 radical (unpaired) electrons. The minimum absolute atomic E-state index is 0.00579. The van der Waals surface area contributed by atoms with Crippen LogP contribution in [-0.4, -0.2) is 25.9 Å². The molecule has 0 spiro atoms. The number of aryl methyl sites for hydroxylation is 1. The average Bonchev–Trinajstić information content (AvgIpc) is 2.55. The summed E-state index contributed by atoms with van der Waals surface area (Å²) in [5.74, 6) is 0.214. The van der Waals surface area contributed by atoms with E-state index in [4.69, 9.17) is 0 Å². The molecule has 88 valence electrons. The molecular weight excluding hydrogens is 224 g/mol. The molecular formula is C12H16O3S. The van der Waals surface area contributed by atoms with E-state index < -0.39 is 15.3 Å². The van der Waals surface area contributed by atoms with Crippen molar-refractivity contribution in [3.63, 3.8) is 0 Å². The second-order valence-corrected chi connectivity index (χ2v) is 7.01. The van der Waals surface area contributed by atoms with Gasteiger partial charge in [-0.1, -0.05) is 26.0 Å². The molecule has 1 N–H and O–H groups in total. The van der Waals surface area contributed by atoms with E-state index in [0.717, 1.165) is 11.1 Å². The van der Waals surface area contributed by atoms with Gasteiger partial charge in [0.1, 0.15) is 0 Å². The summed E-state index contributed by atoms with van der Waals surface area (Å²) in [7, 11) is -3.08. The van der Waals surface area contributed by atoms with Crippen molar-refractivity contribution in [3.05, 3.63) is 29.3 Å². The van der Waals surface area contributed by atoms with E-state index in [9.17, 15) is 13.5 Å². The first-order valence-corrected chi connectivity index (χ1v) is 6.99. The highest BCUT2D eigenvalue weighted by Gasteiger charge is 2.29. The zero-order chi connectivity index (χ0) is 12.0. The summed E-state index contributed by atoms with van der Waals surface area (Å²) in [6.07, 6.45) is 0.609. The molecule has 1 aromatic carbocycles. The van der Waals surface area contributed by atoms with Crippen LogP contribution in [0.15, 0.2) is 23.1 Å². The highest BCUT2D eigenvalue weighted by Crippen LogP contribution is 2.31. The molecule has 0 fully saturated rings. The van der Waals surface area contributed by atoms with E-state index in [1.54, 1.807) is 6.07 Å².